The molecule has 0 fully saturated rings. The van der Waals surface area contributed by atoms with E-state index in [0.717, 1.165) is 0 Å². The van der Waals surface area contributed by atoms with Gasteiger partial charge in [0.2, 0.25) is 0 Å². The summed E-state index contributed by atoms with van der Waals surface area (Å²) in [7, 11) is 3.03. The van der Waals surface area contributed by atoms with Crippen LogP contribution in [0.4, 0.5) is 0 Å². The van der Waals surface area contributed by atoms with Crippen molar-refractivity contribution in [2.45, 2.75) is 13.2 Å². The molecule has 0 unspecified atom stereocenters. The lowest BCUT2D eigenvalue weighted by Gasteiger charge is -2.12. The molecule has 0 saturated carbocycles. The molecule has 0 aliphatic rings. The van der Waals surface area contributed by atoms with E-state index in [1.807, 2.05) is 0 Å². The highest BCUT2D eigenvalue weighted by atomic mass is 16.7. The van der Waals surface area contributed by atoms with Gasteiger partial charge < -0.3 is 15.2 Å². The van der Waals surface area contributed by atoms with E-state index in [1.165, 1.54) is 14.2 Å². The zero-order chi connectivity index (χ0) is 8.85. The van der Waals surface area contributed by atoms with Crippen LogP contribution in [0.3, 0.4) is 0 Å². The van der Waals surface area contributed by atoms with E-state index in [-0.39, 0.29) is 0 Å². The molecule has 0 aliphatic heterocycles. The van der Waals surface area contributed by atoms with E-state index in [4.69, 9.17) is 15.2 Å². The Kier molecular flexibility index (Phi) is 4.49. The van der Waals surface area contributed by atoms with Crippen molar-refractivity contribution in [1.82, 2.24) is 0 Å². The average Bonchev–Trinajstić information content (AvgIpc) is 1.88. The van der Waals surface area contributed by atoms with Crippen molar-refractivity contribution in [2.24, 2.45) is 10.7 Å². The molecule has 0 aromatic heterocycles. The van der Waals surface area contributed by atoms with Gasteiger partial charge in [0, 0.05) is 14.2 Å². The Morgan fingerprint density at radius 1 is 1.45 bits per heavy atom. The number of amidine groups is 1. The maximum Gasteiger partial charge on any atom is 0.200 e. The third kappa shape index (κ3) is 3.75. The molecule has 0 saturated heterocycles. The quantitative estimate of drug-likeness (QED) is 0.368. The summed E-state index contributed by atoms with van der Waals surface area (Å²) < 4.78 is 9.76. The fraction of sp³-hybridized carbons (Fsp3) is 0.571. The van der Waals surface area contributed by atoms with Gasteiger partial charge in [0.1, 0.15) is 0 Å². The summed E-state index contributed by atoms with van der Waals surface area (Å²) >= 11 is 0. The first-order valence-corrected chi connectivity index (χ1v) is 3.17. The first-order valence-electron chi connectivity index (χ1n) is 3.17. The lowest BCUT2D eigenvalue weighted by atomic mass is 10.5. The molecule has 4 heteroatoms. The van der Waals surface area contributed by atoms with Crippen LogP contribution in [-0.2, 0) is 9.47 Å². The minimum absolute atomic E-state index is 0.439. The van der Waals surface area contributed by atoms with Crippen LogP contribution in [0, 0.1) is 0 Å². The first kappa shape index (κ1) is 10.1. The topological polar surface area (TPSA) is 56.8 Å². The predicted molar refractivity (Wildman–Crippen MR) is 44.2 cm³/mol. The van der Waals surface area contributed by atoms with Gasteiger partial charge in [-0.15, -0.1) is 0 Å². The molecule has 0 rings (SSSR count). The third-order valence-corrected chi connectivity index (χ3v) is 1.02. The van der Waals surface area contributed by atoms with Gasteiger partial charge in [0.15, 0.2) is 6.29 Å². The molecule has 0 aliphatic carbocycles. The second kappa shape index (κ2) is 4.87. The lowest BCUT2D eigenvalue weighted by Crippen LogP contribution is -2.16. The Bertz CT molecular complexity index is 158. The van der Waals surface area contributed by atoms with Crippen LogP contribution in [0.2, 0.25) is 0 Å². The zero-order valence-corrected chi connectivity index (χ0v) is 7.13. The minimum Gasteiger partial charge on any atom is -0.387 e. The first-order chi connectivity index (χ1) is 5.11. The Morgan fingerprint density at radius 3 is 2.18 bits per heavy atom. The average molecular weight is 158 g/mol. The molecule has 0 aromatic carbocycles. The SMILES string of the molecule is C=C(N=C(C)N)C(OC)OC. The molecule has 64 valence electrons. The van der Waals surface area contributed by atoms with Gasteiger partial charge in [-0.3, -0.25) is 0 Å². The van der Waals surface area contributed by atoms with Crippen molar-refractivity contribution < 1.29 is 9.47 Å². The molecule has 11 heavy (non-hydrogen) atoms. The zero-order valence-electron chi connectivity index (χ0n) is 7.13. The summed E-state index contributed by atoms with van der Waals surface area (Å²) in [5, 5.41) is 0. The number of rotatable bonds is 4. The van der Waals surface area contributed by atoms with E-state index in [1.54, 1.807) is 6.92 Å². The summed E-state index contributed by atoms with van der Waals surface area (Å²) in [6.45, 7) is 5.29. The van der Waals surface area contributed by atoms with Crippen LogP contribution in [0.15, 0.2) is 17.3 Å². The molecule has 0 radical (unpaired) electrons. The summed E-state index contributed by atoms with van der Waals surface area (Å²) in [6, 6.07) is 0. The summed E-state index contributed by atoms with van der Waals surface area (Å²) in [5.74, 6) is 0.439. The number of hydrogen-bond donors (Lipinski definition) is 1. The summed E-state index contributed by atoms with van der Waals surface area (Å²) in [5.41, 5.74) is 5.79. The number of hydrogen-bond acceptors (Lipinski definition) is 3. The van der Waals surface area contributed by atoms with Gasteiger partial charge in [-0.25, -0.2) is 4.99 Å². The smallest absolute Gasteiger partial charge is 0.200 e. The Labute approximate surface area is 66.7 Å². The summed E-state index contributed by atoms with van der Waals surface area (Å²) in [4.78, 5) is 3.87. The number of aliphatic imine (C=N–C) groups is 1. The third-order valence-electron chi connectivity index (χ3n) is 1.02. The van der Waals surface area contributed by atoms with Gasteiger partial charge in [-0.05, 0) is 6.92 Å². The fourth-order valence-electron chi connectivity index (χ4n) is 0.648. The van der Waals surface area contributed by atoms with Crippen LogP contribution in [0.1, 0.15) is 6.92 Å². The number of nitrogens with zero attached hydrogens (tertiary/aromatic N) is 1. The largest absolute Gasteiger partial charge is 0.387 e. The lowest BCUT2D eigenvalue weighted by molar-refractivity contribution is -0.0751. The standard InChI is InChI=1S/C7H14N2O2/c1-5(9-6(2)8)7(10-3)11-4/h7H,1H2,2-4H3,(H2,8,9). The fourth-order valence-corrected chi connectivity index (χ4v) is 0.648. The van der Waals surface area contributed by atoms with Crippen molar-refractivity contribution in [3.8, 4) is 0 Å². The maximum atomic E-state index is 5.32. The van der Waals surface area contributed by atoms with E-state index in [2.05, 4.69) is 11.6 Å². The Hall–Kier alpha value is -0.870. The van der Waals surface area contributed by atoms with Crippen molar-refractivity contribution in [3.05, 3.63) is 12.3 Å². The van der Waals surface area contributed by atoms with E-state index in [0.29, 0.717) is 11.5 Å². The van der Waals surface area contributed by atoms with Gasteiger partial charge in [0.05, 0.1) is 11.5 Å². The molecule has 0 spiro atoms. The van der Waals surface area contributed by atoms with Crippen LogP contribution >= 0.6 is 0 Å². The predicted octanol–water partition coefficient (Wildman–Crippen LogP) is 0.496. The van der Waals surface area contributed by atoms with Crippen LogP contribution in [0.5, 0.6) is 0 Å². The van der Waals surface area contributed by atoms with Gasteiger partial charge in [-0.2, -0.15) is 0 Å². The molecular formula is C7H14N2O2. The van der Waals surface area contributed by atoms with Crippen molar-refractivity contribution in [2.75, 3.05) is 14.2 Å². The van der Waals surface area contributed by atoms with Crippen LogP contribution < -0.4 is 5.73 Å². The van der Waals surface area contributed by atoms with E-state index >= 15 is 0 Å². The molecule has 2 N–H and O–H groups in total. The number of ether oxygens (including phenoxy) is 2. The number of nitrogens with two attached hydrogens (primary N) is 1. The highest BCUT2D eigenvalue weighted by Crippen LogP contribution is 2.04. The minimum atomic E-state index is -0.506. The molecule has 0 bridgehead atoms. The monoisotopic (exact) mass is 158 g/mol. The summed E-state index contributed by atoms with van der Waals surface area (Å²) in [6.07, 6.45) is -0.506. The molecule has 4 nitrogen and oxygen atoms in total. The second-order valence-electron chi connectivity index (χ2n) is 2.05. The number of methoxy groups -OCH3 is 2. The van der Waals surface area contributed by atoms with Gasteiger partial charge in [0.25, 0.3) is 0 Å². The molecular weight excluding hydrogens is 144 g/mol. The van der Waals surface area contributed by atoms with Crippen LogP contribution in [0.25, 0.3) is 0 Å². The van der Waals surface area contributed by atoms with Crippen LogP contribution in [-0.4, -0.2) is 26.3 Å². The van der Waals surface area contributed by atoms with Crippen molar-refractivity contribution in [1.29, 1.82) is 0 Å². The van der Waals surface area contributed by atoms with E-state index in [9.17, 15) is 0 Å². The highest BCUT2D eigenvalue weighted by Gasteiger charge is 2.07. The Balaban J connectivity index is 4.11. The molecule has 0 aromatic rings. The molecule has 0 atom stereocenters. The molecule has 0 amide bonds. The van der Waals surface area contributed by atoms with Crippen molar-refractivity contribution in [3.63, 3.8) is 0 Å². The highest BCUT2D eigenvalue weighted by molar-refractivity contribution is 5.78. The Morgan fingerprint density at radius 2 is 1.91 bits per heavy atom. The second-order valence-corrected chi connectivity index (χ2v) is 2.05. The van der Waals surface area contributed by atoms with Gasteiger partial charge in [-0.1, -0.05) is 6.58 Å². The van der Waals surface area contributed by atoms with E-state index < -0.39 is 6.29 Å². The van der Waals surface area contributed by atoms with Gasteiger partial charge >= 0.3 is 0 Å². The van der Waals surface area contributed by atoms with Crippen molar-refractivity contribution >= 4 is 5.84 Å². The maximum absolute atomic E-state index is 5.32. The molecule has 0 heterocycles. The normalized spacial score (nSPS) is 12.2.